The van der Waals surface area contributed by atoms with Crippen LogP contribution in [0, 0.1) is 0 Å². The molecule has 23 heavy (non-hydrogen) atoms. The van der Waals surface area contributed by atoms with Crippen LogP contribution in [0.5, 0.6) is 5.75 Å². The number of benzene rings is 2. The summed E-state index contributed by atoms with van der Waals surface area (Å²) < 4.78 is 5.35. The molecule has 5 heteroatoms. The molecule has 0 aliphatic heterocycles. The summed E-state index contributed by atoms with van der Waals surface area (Å²) in [4.78, 5) is 23.6. The third kappa shape index (κ3) is 4.57. The summed E-state index contributed by atoms with van der Waals surface area (Å²) >= 11 is 0. The van der Waals surface area contributed by atoms with Crippen LogP contribution in [-0.2, 0) is 6.54 Å². The molecule has 0 atom stereocenters. The van der Waals surface area contributed by atoms with Gasteiger partial charge >= 0.3 is 0 Å². The highest BCUT2D eigenvalue weighted by atomic mass is 16.5. The molecule has 0 aromatic heterocycles. The molecule has 0 saturated carbocycles. The molecule has 0 fully saturated rings. The van der Waals surface area contributed by atoms with E-state index in [1.54, 1.807) is 43.4 Å². The van der Waals surface area contributed by atoms with Gasteiger partial charge in [0.05, 0.1) is 6.61 Å². The van der Waals surface area contributed by atoms with Gasteiger partial charge in [0.15, 0.2) is 0 Å². The summed E-state index contributed by atoms with van der Waals surface area (Å²) in [6.07, 6.45) is 0. The highest BCUT2D eigenvalue weighted by Crippen LogP contribution is 2.12. The molecule has 0 bridgehead atoms. The molecule has 0 aliphatic rings. The van der Waals surface area contributed by atoms with E-state index in [1.165, 1.54) is 0 Å². The van der Waals surface area contributed by atoms with E-state index < -0.39 is 0 Å². The maximum Gasteiger partial charge on any atom is 0.251 e. The van der Waals surface area contributed by atoms with Crippen molar-refractivity contribution in [1.29, 1.82) is 0 Å². The van der Waals surface area contributed by atoms with Gasteiger partial charge in [-0.2, -0.15) is 0 Å². The highest BCUT2D eigenvalue weighted by molar-refractivity contribution is 5.94. The van der Waals surface area contributed by atoms with Crippen LogP contribution in [0.2, 0.25) is 0 Å². The molecular formula is C18H20N2O3. The third-order valence-electron chi connectivity index (χ3n) is 3.32. The second-order valence-electron chi connectivity index (χ2n) is 4.92. The molecule has 0 radical (unpaired) electrons. The molecule has 2 rings (SSSR count). The average molecular weight is 312 g/mol. The monoisotopic (exact) mass is 312 g/mol. The van der Waals surface area contributed by atoms with Crippen molar-refractivity contribution in [2.45, 2.75) is 13.5 Å². The average Bonchev–Trinajstić information content (AvgIpc) is 2.60. The van der Waals surface area contributed by atoms with Crippen LogP contribution in [0.3, 0.4) is 0 Å². The smallest absolute Gasteiger partial charge is 0.251 e. The maximum absolute atomic E-state index is 12.1. The molecule has 0 saturated heterocycles. The Morgan fingerprint density at radius 2 is 1.48 bits per heavy atom. The van der Waals surface area contributed by atoms with Crippen LogP contribution in [0.15, 0.2) is 48.5 Å². The molecular weight excluding hydrogens is 292 g/mol. The minimum atomic E-state index is -0.150. The second-order valence-corrected chi connectivity index (χ2v) is 4.92. The lowest BCUT2D eigenvalue weighted by molar-refractivity contribution is 0.0946. The Kier molecular flexibility index (Phi) is 5.74. The molecule has 0 unspecified atom stereocenters. The third-order valence-corrected chi connectivity index (χ3v) is 3.32. The van der Waals surface area contributed by atoms with Crippen molar-refractivity contribution in [2.24, 2.45) is 0 Å². The van der Waals surface area contributed by atoms with Crippen LogP contribution >= 0.6 is 0 Å². The number of hydrogen-bond acceptors (Lipinski definition) is 3. The summed E-state index contributed by atoms with van der Waals surface area (Å²) in [6, 6.07) is 14.1. The van der Waals surface area contributed by atoms with Crippen LogP contribution in [0.25, 0.3) is 0 Å². The molecule has 2 aromatic carbocycles. The lowest BCUT2D eigenvalue weighted by Crippen LogP contribution is -2.23. The molecule has 120 valence electrons. The fourth-order valence-corrected chi connectivity index (χ4v) is 2.07. The normalized spacial score (nSPS) is 10.0. The first-order valence-electron chi connectivity index (χ1n) is 7.46. The number of carbonyl (C=O) groups excluding carboxylic acids is 2. The highest BCUT2D eigenvalue weighted by Gasteiger charge is 2.06. The molecule has 2 aromatic rings. The fourth-order valence-electron chi connectivity index (χ4n) is 2.07. The minimum absolute atomic E-state index is 0.130. The Morgan fingerprint density at radius 1 is 0.913 bits per heavy atom. The standard InChI is InChI=1S/C18H20N2O3/c1-3-23-16-10-8-15(9-11-16)18(22)20-12-13-4-6-14(7-5-13)17(21)19-2/h4-11H,3,12H2,1-2H3,(H,19,21)(H,20,22). The zero-order valence-corrected chi connectivity index (χ0v) is 13.3. The Bertz CT molecular complexity index is 664. The molecule has 0 heterocycles. The SMILES string of the molecule is CCOc1ccc(C(=O)NCc2ccc(C(=O)NC)cc2)cc1. The van der Waals surface area contributed by atoms with Crippen molar-refractivity contribution in [3.8, 4) is 5.75 Å². The van der Waals surface area contributed by atoms with Crippen molar-refractivity contribution < 1.29 is 14.3 Å². The quantitative estimate of drug-likeness (QED) is 0.860. The molecule has 2 amide bonds. The van der Waals surface area contributed by atoms with Crippen molar-refractivity contribution >= 4 is 11.8 Å². The van der Waals surface area contributed by atoms with Gasteiger partial charge in [-0.1, -0.05) is 12.1 Å². The van der Waals surface area contributed by atoms with Gasteiger partial charge in [0.25, 0.3) is 11.8 Å². The van der Waals surface area contributed by atoms with Gasteiger partial charge in [-0.25, -0.2) is 0 Å². The van der Waals surface area contributed by atoms with Gasteiger partial charge in [0, 0.05) is 24.7 Å². The second kappa shape index (κ2) is 7.98. The van der Waals surface area contributed by atoms with Gasteiger partial charge in [-0.3, -0.25) is 9.59 Å². The minimum Gasteiger partial charge on any atom is -0.494 e. The number of rotatable bonds is 6. The zero-order chi connectivity index (χ0) is 16.7. The summed E-state index contributed by atoms with van der Waals surface area (Å²) in [5, 5.41) is 5.42. The molecule has 0 spiro atoms. The van der Waals surface area contributed by atoms with Gasteiger partial charge < -0.3 is 15.4 Å². The lowest BCUT2D eigenvalue weighted by atomic mass is 10.1. The summed E-state index contributed by atoms with van der Waals surface area (Å²) in [6.45, 7) is 2.91. The van der Waals surface area contributed by atoms with Gasteiger partial charge in [0.2, 0.25) is 0 Å². The Morgan fingerprint density at radius 3 is 2.04 bits per heavy atom. The number of hydrogen-bond donors (Lipinski definition) is 2. The molecule has 0 aliphatic carbocycles. The lowest BCUT2D eigenvalue weighted by Gasteiger charge is -2.07. The zero-order valence-electron chi connectivity index (χ0n) is 13.3. The van der Waals surface area contributed by atoms with Crippen molar-refractivity contribution in [3.63, 3.8) is 0 Å². The van der Waals surface area contributed by atoms with Crippen LogP contribution in [0.1, 0.15) is 33.2 Å². The van der Waals surface area contributed by atoms with E-state index in [4.69, 9.17) is 4.74 Å². The van der Waals surface area contributed by atoms with Crippen LogP contribution in [-0.4, -0.2) is 25.5 Å². The van der Waals surface area contributed by atoms with E-state index in [0.717, 1.165) is 11.3 Å². The molecule has 2 N–H and O–H groups in total. The van der Waals surface area contributed by atoms with E-state index >= 15 is 0 Å². The van der Waals surface area contributed by atoms with E-state index in [1.807, 2.05) is 19.1 Å². The first-order chi connectivity index (χ1) is 11.1. The predicted octanol–water partition coefficient (Wildman–Crippen LogP) is 2.37. The van der Waals surface area contributed by atoms with Gasteiger partial charge in [-0.15, -0.1) is 0 Å². The number of ether oxygens (including phenoxy) is 1. The fraction of sp³-hybridized carbons (Fsp3) is 0.222. The number of nitrogens with one attached hydrogen (secondary N) is 2. The van der Waals surface area contributed by atoms with Crippen molar-refractivity contribution in [2.75, 3.05) is 13.7 Å². The first kappa shape index (κ1) is 16.5. The summed E-state index contributed by atoms with van der Waals surface area (Å²) in [7, 11) is 1.59. The Labute approximate surface area is 135 Å². The van der Waals surface area contributed by atoms with E-state index in [0.29, 0.717) is 24.3 Å². The predicted molar refractivity (Wildman–Crippen MR) is 88.6 cm³/mol. The largest absolute Gasteiger partial charge is 0.494 e. The first-order valence-corrected chi connectivity index (χ1v) is 7.46. The van der Waals surface area contributed by atoms with E-state index in [2.05, 4.69) is 10.6 Å². The number of amides is 2. The van der Waals surface area contributed by atoms with Gasteiger partial charge in [-0.05, 0) is 48.9 Å². The van der Waals surface area contributed by atoms with Gasteiger partial charge in [0.1, 0.15) is 5.75 Å². The van der Waals surface area contributed by atoms with Crippen molar-refractivity contribution in [1.82, 2.24) is 10.6 Å². The number of carbonyl (C=O) groups is 2. The summed E-state index contributed by atoms with van der Waals surface area (Å²) in [5.74, 6) is 0.465. The topological polar surface area (TPSA) is 67.4 Å². The van der Waals surface area contributed by atoms with E-state index in [-0.39, 0.29) is 11.8 Å². The summed E-state index contributed by atoms with van der Waals surface area (Å²) in [5.41, 5.74) is 2.10. The van der Waals surface area contributed by atoms with Crippen LogP contribution in [0.4, 0.5) is 0 Å². The van der Waals surface area contributed by atoms with Crippen LogP contribution < -0.4 is 15.4 Å². The van der Waals surface area contributed by atoms with E-state index in [9.17, 15) is 9.59 Å². The maximum atomic E-state index is 12.1. The molecule has 5 nitrogen and oxygen atoms in total. The van der Waals surface area contributed by atoms with Crippen molar-refractivity contribution in [3.05, 3.63) is 65.2 Å². The Hall–Kier alpha value is -2.82. The Balaban J connectivity index is 1.92.